The average molecular weight is 419 g/mol. The Morgan fingerprint density at radius 2 is 2.16 bits per heavy atom. The molecule has 2 amide bonds. The molecule has 1 aromatic heterocycles. The van der Waals surface area contributed by atoms with Crippen molar-refractivity contribution in [3.63, 3.8) is 0 Å². The number of nitrogens with one attached hydrogen (secondary N) is 2. The Bertz CT molecular complexity index is 1060. The van der Waals surface area contributed by atoms with Crippen LogP contribution in [-0.2, 0) is 6.42 Å². The first-order valence-corrected chi connectivity index (χ1v) is 10.7. The fraction of sp³-hybridized carbons (Fsp3) is 0.280. The topological polar surface area (TPSA) is 57.3 Å². The third kappa shape index (κ3) is 5.40. The molecule has 2 aliphatic rings. The molecule has 160 valence electrons. The van der Waals surface area contributed by atoms with E-state index in [-0.39, 0.29) is 11.8 Å². The molecular weight excluding hydrogens is 391 g/mol. The van der Waals surface area contributed by atoms with Crippen molar-refractivity contribution in [2.45, 2.75) is 32.6 Å². The number of halogens is 1. The number of carbonyl (C=O) groups is 1. The first-order valence-electron chi connectivity index (χ1n) is 10.7. The van der Waals surface area contributed by atoms with Gasteiger partial charge in [-0.15, -0.1) is 0 Å². The Hall–Kier alpha value is -3.41. The predicted molar refractivity (Wildman–Crippen MR) is 123 cm³/mol. The number of amides is 2. The number of nitrogens with zero attached hydrogens (tertiary/aromatic N) is 2. The summed E-state index contributed by atoms with van der Waals surface area (Å²) in [5, 5.41) is 6.32. The lowest BCUT2D eigenvalue weighted by Crippen LogP contribution is -2.32. The highest BCUT2D eigenvalue weighted by Gasteiger charge is 2.17. The van der Waals surface area contributed by atoms with Crippen LogP contribution in [0.2, 0.25) is 0 Å². The van der Waals surface area contributed by atoms with Crippen molar-refractivity contribution < 1.29 is 9.18 Å². The second-order valence-electron chi connectivity index (χ2n) is 7.88. The average Bonchev–Trinajstić information content (AvgIpc) is 3.30. The zero-order valence-electron chi connectivity index (χ0n) is 17.7. The minimum Gasteiger partial charge on any atom is -0.368 e. The number of anilines is 2. The Labute approximate surface area is 182 Å². The number of hydrogen-bond donors (Lipinski definition) is 2. The zero-order chi connectivity index (χ0) is 21.6. The van der Waals surface area contributed by atoms with Gasteiger partial charge in [0, 0.05) is 19.3 Å². The minimum absolute atomic E-state index is 0.202. The standard InChI is InChI=1S/C25H27FN4O/c1-18-6-5-15-30(17-18)25(31)29-23-12-11-22(20-8-2-3-9-20)28-24(23)27-14-13-19-7-4-10-21(26)16-19/h4-8,10-12,16-17H,2-3,9,13-15H2,1H3,(H,27,28)(H,29,31). The number of pyridine rings is 1. The van der Waals surface area contributed by atoms with Gasteiger partial charge in [0.15, 0.2) is 5.82 Å². The van der Waals surface area contributed by atoms with Crippen LogP contribution in [0.4, 0.5) is 20.7 Å². The van der Waals surface area contributed by atoms with Gasteiger partial charge in [-0.05, 0) is 73.6 Å². The van der Waals surface area contributed by atoms with E-state index in [1.54, 1.807) is 11.0 Å². The van der Waals surface area contributed by atoms with E-state index in [1.807, 2.05) is 43.5 Å². The normalized spacial score (nSPS) is 15.5. The van der Waals surface area contributed by atoms with Gasteiger partial charge >= 0.3 is 6.03 Å². The maximum absolute atomic E-state index is 13.5. The highest BCUT2D eigenvalue weighted by molar-refractivity contribution is 5.93. The van der Waals surface area contributed by atoms with Crippen molar-refractivity contribution >= 4 is 23.1 Å². The highest BCUT2D eigenvalue weighted by Crippen LogP contribution is 2.30. The molecule has 6 heteroatoms. The van der Waals surface area contributed by atoms with Gasteiger partial charge in [0.1, 0.15) is 5.82 Å². The minimum atomic E-state index is -0.238. The lowest BCUT2D eigenvalue weighted by molar-refractivity contribution is 0.231. The van der Waals surface area contributed by atoms with Crippen molar-refractivity contribution in [2.24, 2.45) is 0 Å². The molecule has 0 atom stereocenters. The number of aromatic nitrogens is 1. The maximum atomic E-state index is 13.5. The van der Waals surface area contributed by atoms with Gasteiger partial charge in [-0.2, -0.15) is 0 Å². The third-order valence-corrected chi connectivity index (χ3v) is 5.41. The molecule has 1 aliphatic carbocycles. The van der Waals surface area contributed by atoms with Gasteiger partial charge < -0.3 is 10.6 Å². The van der Waals surface area contributed by atoms with Crippen LogP contribution in [0.25, 0.3) is 5.57 Å². The number of rotatable bonds is 6. The molecule has 1 aliphatic heterocycles. The number of carbonyl (C=O) groups excluding carboxylic acids is 1. The van der Waals surface area contributed by atoms with E-state index in [9.17, 15) is 9.18 Å². The second kappa shape index (κ2) is 9.60. The van der Waals surface area contributed by atoms with Gasteiger partial charge in [-0.25, -0.2) is 14.2 Å². The zero-order valence-corrected chi connectivity index (χ0v) is 17.7. The highest BCUT2D eigenvalue weighted by atomic mass is 19.1. The van der Waals surface area contributed by atoms with E-state index in [2.05, 4.69) is 16.7 Å². The molecular formula is C25H27FN4O. The molecule has 2 N–H and O–H groups in total. The summed E-state index contributed by atoms with van der Waals surface area (Å²) in [6.45, 7) is 3.07. The van der Waals surface area contributed by atoms with Crippen LogP contribution < -0.4 is 10.6 Å². The quantitative estimate of drug-likeness (QED) is 0.628. The second-order valence-corrected chi connectivity index (χ2v) is 7.88. The summed E-state index contributed by atoms with van der Waals surface area (Å²) in [5.74, 6) is 0.390. The fourth-order valence-electron chi connectivity index (χ4n) is 3.82. The van der Waals surface area contributed by atoms with Crippen LogP contribution in [0.15, 0.2) is 66.4 Å². The van der Waals surface area contributed by atoms with Crippen LogP contribution in [0.1, 0.15) is 37.4 Å². The summed E-state index contributed by atoms with van der Waals surface area (Å²) >= 11 is 0. The van der Waals surface area contributed by atoms with E-state index >= 15 is 0 Å². The molecule has 0 bridgehead atoms. The van der Waals surface area contributed by atoms with Gasteiger partial charge in [-0.1, -0.05) is 30.4 Å². The monoisotopic (exact) mass is 418 g/mol. The number of benzene rings is 1. The van der Waals surface area contributed by atoms with E-state index in [1.165, 1.54) is 17.7 Å². The van der Waals surface area contributed by atoms with Crippen molar-refractivity contribution in [2.75, 3.05) is 23.7 Å². The Kier molecular flexibility index (Phi) is 6.46. The summed E-state index contributed by atoms with van der Waals surface area (Å²) in [6, 6.07) is 10.3. The fourth-order valence-corrected chi connectivity index (χ4v) is 3.82. The molecule has 0 spiro atoms. The summed E-state index contributed by atoms with van der Waals surface area (Å²) in [5.41, 5.74) is 4.74. The lowest BCUT2D eigenvalue weighted by atomic mass is 10.1. The molecule has 1 aromatic carbocycles. The molecule has 0 unspecified atom stereocenters. The van der Waals surface area contributed by atoms with E-state index in [0.717, 1.165) is 36.1 Å². The largest absolute Gasteiger partial charge is 0.368 e. The lowest BCUT2D eigenvalue weighted by Gasteiger charge is -2.22. The van der Waals surface area contributed by atoms with Crippen LogP contribution in [0.3, 0.4) is 0 Å². The van der Waals surface area contributed by atoms with Gasteiger partial charge in [-0.3, -0.25) is 4.90 Å². The summed E-state index contributed by atoms with van der Waals surface area (Å²) in [4.78, 5) is 19.2. The van der Waals surface area contributed by atoms with E-state index in [0.29, 0.717) is 31.0 Å². The first-order chi connectivity index (χ1) is 15.1. The number of urea groups is 1. The third-order valence-electron chi connectivity index (χ3n) is 5.41. The molecule has 0 radical (unpaired) electrons. The van der Waals surface area contributed by atoms with Crippen LogP contribution >= 0.6 is 0 Å². The molecule has 4 rings (SSSR count). The Morgan fingerprint density at radius 1 is 1.26 bits per heavy atom. The molecule has 2 aromatic rings. The first kappa shape index (κ1) is 20.8. The summed E-state index contributed by atoms with van der Waals surface area (Å²) < 4.78 is 13.5. The summed E-state index contributed by atoms with van der Waals surface area (Å²) in [7, 11) is 0. The maximum Gasteiger partial charge on any atom is 0.326 e. The molecule has 0 saturated carbocycles. The molecule has 2 heterocycles. The van der Waals surface area contributed by atoms with E-state index in [4.69, 9.17) is 4.98 Å². The number of hydrogen-bond acceptors (Lipinski definition) is 3. The molecule has 0 fully saturated rings. The molecule has 5 nitrogen and oxygen atoms in total. The van der Waals surface area contributed by atoms with Gasteiger partial charge in [0.25, 0.3) is 0 Å². The Morgan fingerprint density at radius 3 is 2.94 bits per heavy atom. The Balaban J connectivity index is 1.50. The number of allylic oxidation sites excluding steroid dienone is 4. The van der Waals surface area contributed by atoms with Crippen molar-refractivity contribution in [3.8, 4) is 0 Å². The van der Waals surface area contributed by atoms with Crippen LogP contribution in [-0.4, -0.2) is 29.0 Å². The molecule has 31 heavy (non-hydrogen) atoms. The van der Waals surface area contributed by atoms with E-state index < -0.39 is 0 Å². The van der Waals surface area contributed by atoms with Gasteiger partial charge in [0.2, 0.25) is 0 Å². The van der Waals surface area contributed by atoms with Crippen LogP contribution in [0.5, 0.6) is 0 Å². The molecule has 0 saturated heterocycles. The summed E-state index contributed by atoms with van der Waals surface area (Å²) in [6.07, 6.45) is 11.9. The van der Waals surface area contributed by atoms with Crippen molar-refractivity contribution in [3.05, 3.63) is 83.5 Å². The van der Waals surface area contributed by atoms with Crippen molar-refractivity contribution in [1.29, 1.82) is 0 Å². The predicted octanol–water partition coefficient (Wildman–Crippen LogP) is 5.75. The smallest absolute Gasteiger partial charge is 0.326 e. The van der Waals surface area contributed by atoms with Crippen LogP contribution in [0, 0.1) is 5.82 Å². The SMILES string of the molecule is CC1=CN(C(=O)Nc2ccc(C3=CCCC3)nc2NCCc2cccc(F)c2)CC=C1. The van der Waals surface area contributed by atoms with Gasteiger partial charge in [0.05, 0.1) is 11.4 Å². The van der Waals surface area contributed by atoms with Crippen molar-refractivity contribution in [1.82, 2.24) is 9.88 Å².